The molecule has 0 aliphatic rings. The summed E-state index contributed by atoms with van der Waals surface area (Å²) >= 11 is 3.39. The summed E-state index contributed by atoms with van der Waals surface area (Å²) in [6.07, 6.45) is 2.85. The summed E-state index contributed by atoms with van der Waals surface area (Å²) in [5, 5.41) is 4.23. The predicted octanol–water partition coefficient (Wildman–Crippen LogP) is 3.56. The fourth-order valence-corrected chi connectivity index (χ4v) is 2.68. The molecule has 108 valence electrons. The molecule has 0 amide bonds. The average molecular weight is 330 g/mol. The maximum Gasteiger partial charge on any atom is 0.183 e. The summed E-state index contributed by atoms with van der Waals surface area (Å²) in [6, 6.07) is 0.0407. The van der Waals surface area contributed by atoms with E-state index >= 15 is 0 Å². The first-order valence-electron chi connectivity index (χ1n) is 6.63. The van der Waals surface area contributed by atoms with Gasteiger partial charge in [0, 0.05) is 18.5 Å². The number of carbonyl (C=O) groups is 1. The molecule has 0 saturated carbocycles. The van der Waals surface area contributed by atoms with Gasteiger partial charge in [0.1, 0.15) is 5.69 Å². The van der Waals surface area contributed by atoms with Crippen molar-refractivity contribution in [2.45, 2.75) is 59.5 Å². The highest BCUT2D eigenvalue weighted by atomic mass is 79.9. The Morgan fingerprint density at radius 3 is 2.53 bits per heavy atom. The van der Waals surface area contributed by atoms with E-state index in [9.17, 15) is 4.79 Å². The first-order valence-corrected chi connectivity index (χ1v) is 7.43. The molecule has 0 aromatic carbocycles. The van der Waals surface area contributed by atoms with Crippen molar-refractivity contribution in [2.75, 3.05) is 0 Å². The fourth-order valence-electron chi connectivity index (χ4n) is 2.19. The van der Waals surface area contributed by atoms with Crippen LogP contribution in [0.4, 0.5) is 0 Å². The van der Waals surface area contributed by atoms with Crippen LogP contribution in [0.5, 0.6) is 0 Å². The second kappa shape index (κ2) is 6.18. The lowest BCUT2D eigenvalue weighted by molar-refractivity contribution is 0.0955. The standard InChI is InChI=1S/C14H24BrN3O/c1-9(2)18-13(11(15)8-17-18)12(19)6-10(16)7-14(3,4)5/h8-10H,6-7,16H2,1-5H3. The van der Waals surface area contributed by atoms with Crippen LogP contribution < -0.4 is 5.73 Å². The summed E-state index contributed by atoms with van der Waals surface area (Å²) in [6.45, 7) is 10.4. The summed E-state index contributed by atoms with van der Waals surface area (Å²) in [4.78, 5) is 12.4. The van der Waals surface area contributed by atoms with Crippen molar-refractivity contribution in [1.82, 2.24) is 9.78 Å². The zero-order chi connectivity index (χ0) is 14.8. The number of halogens is 1. The molecule has 0 aliphatic heterocycles. The number of nitrogens with two attached hydrogens (primary N) is 1. The highest BCUT2D eigenvalue weighted by molar-refractivity contribution is 9.10. The molecule has 1 aromatic heterocycles. The molecule has 1 atom stereocenters. The van der Waals surface area contributed by atoms with Gasteiger partial charge in [-0.05, 0) is 41.6 Å². The van der Waals surface area contributed by atoms with Gasteiger partial charge in [0.2, 0.25) is 0 Å². The Balaban J connectivity index is 2.81. The summed E-state index contributed by atoms with van der Waals surface area (Å²) < 4.78 is 2.49. The lowest BCUT2D eigenvalue weighted by atomic mass is 9.86. The highest BCUT2D eigenvalue weighted by Crippen LogP contribution is 2.25. The molecule has 0 fully saturated rings. The number of hydrogen-bond donors (Lipinski definition) is 1. The van der Waals surface area contributed by atoms with Crippen molar-refractivity contribution in [2.24, 2.45) is 11.1 Å². The Bertz CT molecular complexity index is 446. The number of carbonyl (C=O) groups excluding carboxylic acids is 1. The van der Waals surface area contributed by atoms with E-state index in [-0.39, 0.29) is 23.3 Å². The third kappa shape index (κ3) is 4.73. The van der Waals surface area contributed by atoms with Gasteiger partial charge in [-0.1, -0.05) is 20.8 Å². The minimum Gasteiger partial charge on any atom is -0.327 e. The van der Waals surface area contributed by atoms with Gasteiger partial charge in [0.25, 0.3) is 0 Å². The van der Waals surface area contributed by atoms with Gasteiger partial charge in [-0.3, -0.25) is 9.48 Å². The minimum absolute atomic E-state index is 0.0508. The second-order valence-corrected chi connectivity index (χ2v) is 7.39. The first-order chi connectivity index (χ1) is 8.61. The van der Waals surface area contributed by atoms with Gasteiger partial charge in [-0.2, -0.15) is 5.10 Å². The van der Waals surface area contributed by atoms with Crippen molar-refractivity contribution in [1.29, 1.82) is 0 Å². The normalized spacial score (nSPS) is 13.9. The molecule has 5 heteroatoms. The number of hydrogen-bond acceptors (Lipinski definition) is 3. The van der Waals surface area contributed by atoms with Crippen molar-refractivity contribution in [3.63, 3.8) is 0 Å². The molecule has 0 bridgehead atoms. The van der Waals surface area contributed by atoms with Crippen molar-refractivity contribution >= 4 is 21.7 Å². The second-order valence-electron chi connectivity index (χ2n) is 6.53. The number of ketones is 1. The lowest BCUT2D eigenvalue weighted by Gasteiger charge is -2.23. The number of rotatable bonds is 5. The number of nitrogens with zero attached hydrogens (tertiary/aromatic N) is 2. The largest absolute Gasteiger partial charge is 0.327 e. The molecule has 0 spiro atoms. The smallest absolute Gasteiger partial charge is 0.183 e. The maximum atomic E-state index is 12.4. The third-order valence-electron chi connectivity index (χ3n) is 2.83. The zero-order valence-electron chi connectivity index (χ0n) is 12.4. The van der Waals surface area contributed by atoms with E-state index < -0.39 is 0 Å². The van der Waals surface area contributed by atoms with Gasteiger partial charge in [-0.25, -0.2) is 0 Å². The number of aromatic nitrogens is 2. The first kappa shape index (κ1) is 16.4. The molecule has 0 radical (unpaired) electrons. The van der Waals surface area contributed by atoms with Gasteiger partial charge < -0.3 is 5.73 Å². The van der Waals surface area contributed by atoms with Crippen molar-refractivity contribution < 1.29 is 4.79 Å². The maximum absolute atomic E-state index is 12.4. The molecular formula is C14H24BrN3O. The molecule has 1 aromatic rings. The van der Waals surface area contributed by atoms with Gasteiger partial charge >= 0.3 is 0 Å². The van der Waals surface area contributed by atoms with Crippen molar-refractivity contribution in [3.8, 4) is 0 Å². The Hall–Kier alpha value is -0.680. The topological polar surface area (TPSA) is 60.9 Å². The molecule has 1 heterocycles. The van der Waals surface area contributed by atoms with E-state index in [1.54, 1.807) is 10.9 Å². The van der Waals surface area contributed by atoms with Crippen LogP contribution in [0.1, 0.15) is 64.0 Å². The van der Waals surface area contributed by atoms with Crippen LogP contribution in [0.25, 0.3) is 0 Å². The Kier molecular flexibility index (Phi) is 5.33. The van der Waals surface area contributed by atoms with Crippen LogP contribution >= 0.6 is 15.9 Å². The fraction of sp³-hybridized carbons (Fsp3) is 0.714. The summed E-state index contributed by atoms with van der Waals surface area (Å²) in [7, 11) is 0. The molecule has 19 heavy (non-hydrogen) atoms. The van der Waals surface area contributed by atoms with Crippen molar-refractivity contribution in [3.05, 3.63) is 16.4 Å². The summed E-state index contributed by atoms with van der Waals surface area (Å²) in [5.74, 6) is 0.0508. The van der Waals surface area contributed by atoms with E-state index in [4.69, 9.17) is 5.73 Å². The molecule has 1 unspecified atom stereocenters. The van der Waals surface area contributed by atoms with Crippen LogP contribution in [-0.4, -0.2) is 21.6 Å². The Labute approximate surface area is 123 Å². The highest BCUT2D eigenvalue weighted by Gasteiger charge is 2.23. The van der Waals surface area contributed by atoms with Crippen LogP contribution in [0, 0.1) is 5.41 Å². The molecule has 0 saturated heterocycles. The Morgan fingerprint density at radius 2 is 2.05 bits per heavy atom. The van der Waals surface area contributed by atoms with E-state index in [1.165, 1.54) is 0 Å². The summed E-state index contributed by atoms with van der Waals surface area (Å²) in [5.41, 5.74) is 6.84. The number of Topliss-reactive ketones (excluding diaryl/α,β-unsaturated/α-hetero) is 1. The molecule has 0 aliphatic carbocycles. The monoisotopic (exact) mass is 329 g/mol. The Morgan fingerprint density at radius 1 is 1.47 bits per heavy atom. The molecule has 4 nitrogen and oxygen atoms in total. The molecular weight excluding hydrogens is 306 g/mol. The van der Waals surface area contributed by atoms with Gasteiger partial charge in [0.15, 0.2) is 5.78 Å². The average Bonchev–Trinajstić information content (AvgIpc) is 2.56. The predicted molar refractivity (Wildman–Crippen MR) is 81.3 cm³/mol. The quantitative estimate of drug-likeness (QED) is 0.840. The van der Waals surface area contributed by atoms with E-state index in [2.05, 4.69) is 41.8 Å². The van der Waals surface area contributed by atoms with E-state index in [0.717, 1.165) is 10.9 Å². The van der Waals surface area contributed by atoms with Crippen LogP contribution in [0.2, 0.25) is 0 Å². The third-order valence-corrected chi connectivity index (χ3v) is 3.41. The van der Waals surface area contributed by atoms with E-state index in [0.29, 0.717) is 12.1 Å². The van der Waals surface area contributed by atoms with Crippen LogP contribution in [-0.2, 0) is 0 Å². The zero-order valence-corrected chi connectivity index (χ0v) is 14.0. The van der Waals surface area contributed by atoms with E-state index in [1.807, 2.05) is 13.8 Å². The molecule has 1 rings (SSSR count). The lowest BCUT2D eigenvalue weighted by Crippen LogP contribution is -2.30. The van der Waals surface area contributed by atoms with Crippen LogP contribution in [0.15, 0.2) is 10.7 Å². The van der Waals surface area contributed by atoms with Gasteiger partial charge in [0.05, 0.1) is 10.7 Å². The minimum atomic E-state index is -0.116. The van der Waals surface area contributed by atoms with Crippen LogP contribution in [0.3, 0.4) is 0 Å². The molecule has 2 N–H and O–H groups in total. The van der Waals surface area contributed by atoms with Gasteiger partial charge in [-0.15, -0.1) is 0 Å². The SMILES string of the molecule is CC(C)n1ncc(Br)c1C(=O)CC(N)CC(C)(C)C.